The van der Waals surface area contributed by atoms with Gasteiger partial charge in [-0.1, -0.05) is 36.4 Å². The molecule has 2 N–H and O–H groups in total. The zero-order valence-electron chi connectivity index (χ0n) is 19.0. The lowest BCUT2D eigenvalue weighted by molar-refractivity contribution is -0.132. The second-order valence-electron chi connectivity index (χ2n) is 8.99. The van der Waals surface area contributed by atoms with Crippen LogP contribution in [0.3, 0.4) is 0 Å². The molecule has 1 fully saturated rings. The summed E-state index contributed by atoms with van der Waals surface area (Å²) >= 11 is 2.91. The van der Waals surface area contributed by atoms with Gasteiger partial charge in [-0.25, -0.2) is 4.98 Å². The quantitative estimate of drug-likeness (QED) is 0.331. The number of hydrogen-bond donors (Lipinski definition) is 1. The van der Waals surface area contributed by atoms with E-state index in [9.17, 15) is 14.4 Å². The lowest BCUT2D eigenvalue weighted by atomic mass is 9.97. The number of likely N-dealkylation sites (tertiary alicyclic amines) is 1. The first-order valence-corrected chi connectivity index (χ1v) is 13.7. The summed E-state index contributed by atoms with van der Waals surface area (Å²) in [4.78, 5) is 47.1. The van der Waals surface area contributed by atoms with Crippen molar-refractivity contribution in [3.63, 3.8) is 0 Å². The predicted molar refractivity (Wildman–Crippen MR) is 136 cm³/mol. The Morgan fingerprint density at radius 3 is 2.71 bits per heavy atom. The van der Waals surface area contributed by atoms with Crippen LogP contribution in [0.15, 0.2) is 40.3 Å². The Morgan fingerprint density at radius 2 is 1.91 bits per heavy atom. The second-order valence-corrected chi connectivity index (χ2v) is 11.0. The molecule has 2 aromatic heterocycles. The highest BCUT2D eigenvalue weighted by Gasteiger charge is 2.28. The van der Waals surface area contributed by atoms with Crippen LogP contribution in [0, 0.1) is 5.92 Å². The summed E-state index contributed by atoms with van der Waals surface area (Å²) in [7, 11) is 0. The van der Waals surface area contributed by atoms with Crippen LogP contribution in [-0.4, -0.2) is 45.1 Å². The molecule has 0 bridgehead atoms. The number of hydrogen-bond acceptors (Lipinski definition) is 6. The molecule has 2 amide bonds. The number of carbonyl (C=O) groups is 2. The molecule has 1 aliphatic carbocycles. The summed E-state index contributed by atoms with van der Waals surface area (Å²) in [5.41, 5.74) is 7.32. The maximum absolute atomic E-state index is 13.8. The van der Waals surface area contributed by atoms with Crippen molar-refractivity contribution in [2.75, 3.05) is 18.8 Å². The Bertz CT molecular complexity index is 1280. The van der Waals surface area contributed by atoms with Crippen molar-refractivity contribution in [3.05, 3.63) is 51.1 Å². The number of thiophene rings is 1. The molecule has 1 aromatic carbocycles. The molecular formula is C25H28N4O3S2. The zero-order chi connectivity index (χ0) is 23.7. The van der Waals surface area contributed by atoms with Gasteiger partial charge in [-0.3, -0.25) is 19.0 Å². The second kappa shape index (κ2) is 9.92. The molecule has 34 heavy (non-hydrogen) atoms. The first-order valence-electron chi connectivity index (χ1n) is 11.9. The van der Waals surface area contributed by atoms with Gasteiger partial charge in [0.05, 0.1) is 22.7 Å². The normalized spacial score (nSPS) is 18.5. The molecule has 178 valence electrons. The molecule has 0 saturated carbocycles. The monoisotopic (exact) mass is 496 g/mol. The molecule has 3 aromatic rings. The Morgan fingerprint density at radius 1 is 1.12 bits per heavy atom. The number of rotatable bonds is 5. The molecule has 0 spiro atoms. The molecule has 9 heteroatoms. The van der Waals surface area contributed by atoms with E-state index in [-0.39, 0.29) is 29.0 Å². The van der Waals surface area contributed by atoms with Crippen molar-refractivity contribution in [2.24, 2.45) is 11.7 Å². The summed E-state index contributed by atoms with van der Waals surface area (Å²) in [6.07, 6.45) is 6.83. The van der Waals surface area contributed by atoms with Crippen molar-refractivity contribution >= 4 is 45.1 Å². The Balaban J connectivity index is 1.49. The van der Waals surface area contributed by atoms with Gasteiger partial charge in [-0.15, -0.1) is 11.3 Å². The fourth-order valence-corrected chi connectivity index (χ4v) is 7.14. The van der Waals surface area contributed by atoms with Crippen LogP contribution in [0.5, 0.6) is 0 Å². The van der Waals surface area contributed by atoms with E-state index < -0.39 is 0 Å². The molecule has 0 radical (unpaired) electrons. The topological polar surface area (TPSA) is 98.3 Å². The highest BCUT2D eigenvalue weighted by atomic mass is 32.2. The first-order chi connectivity index (χ1) is 16.5. The maximum Gasteiger partial charge on any atom is 0.267 e. The molecule has 3 heterocycles. The van der Waals surface area contributed by atoms with E-state index >= 15 is 0 Å². The van der Waals surface area contributed by atoms with Gasteiger partial charge in [0.15, 0.2) is 5.16 Å². The SMILES string of the molecule is NC(=O)C1CCCN(C(=O)CSc2nc3sc4c(c3c(=O)n2-c2ccccc2)CCCCC4)C1. The third kappa shape index (κ3) is 4.51. The van der Waals surface area contributed by atoms with Gasteiger partial charge in [0.25, 0.3) is 5.56 Å². The van der Waals surface area contributed by atoms with E-state index in [4.69, 9.17) is 10.7 Å². The minimum atomic E-state index is -0.354. The van der Waals surface area contributed by atoms with Crippen molar-refractivity contribution in [1.29, 1.82) is 0 Å². The van der Waals surface area contributed by atoms with E-state index in [0.29, 0.717) is 18.2 Å². The van der Waals surface area contributed by atoms with Crippen LogP contribution in [-0.2, 0) is 22.4 Å². The Kier molecular flexibility index (Phi) is 6.74. The number of thioether (sulfide) groups is 1. The van der Waals surface area contributed by atoms with E-state index in [0.717, 1.165) is 60.0 Å². The van der Waals surface area contributed by atoms with Crippen LogP contribution >= 0.6 is 23.1 Å². The largest absolute Gasteiger partial charge is 0.369 e. The van der Waals surface area contributed by atoms with Gasteiger partial charge in [0, 0.05) is 18.0 Å². The fraction of sp³-hybridized carbons (Fsp3) is 0.440. The average Bonchev–Trinajstić information content (AvgIpc) is 3.04. The standard InChI is InChI=1S/C25H28N4O3S2/c26-22(31)16-8-7-13-28(14-16)20(30)15-33-25-27-23-21(18-11-5-2-6-12-19(18)34-23)24(32)29(25)17-9-3-1-4-10-17/h1,3-4,9-10,16H,2,5-8,11-15H2,(H2,26,31). The molecule has 5 rings (SSSR count). The number of piperidine rings is 1. The number of amides is 2. The molecule has 2 aliphatic rings. The summed E-state index contributed by atoms with van der Waals surface area (Å²) in [5.74, 6) is -0.554. The summed E-state index contributed by atoms with van der Waals surface area (Å²) < 4.78 is 1.65. The van der Waals surface area contributed by atoms with E-state index in [1.54, 1.807) is 20.8 Å². The minimum absolute atomic E-state index is 0.0580. The van der Waals surface area contributed by atoms with Crippen molar-refractivity contribution in [2.45, 2.75) is 50.1 Å². The molecular weight excluding hydrogens is 468 g/mol. The number of primary amides is 1. The van der Waals surface area contributed by atoms with E-state index in [2.05, 4.69) is 0 Å². The molecule has 7 nitrogen and oxygen atoms in total. The number of aryl methyl sites for hydroxylation is 2. The van der Waals surface area contributed by atoms with Gasteiger partial charge in [0.2, 0.25) is 11.8 Å². The lowest BCUT2D eigenvalue weighted by Gasteiger charge is -2.31. The van der Waals surface area contributed by atoms with Crippen molar-refractivity contribution in [1.82, 2.24) is 14.5 Å². The van der Waals surface area contributed by atoms with Gasteiger partial charge in [-0.05, 0) is 56.2 Å². The molecule has 1 atom stereocenters. The molecule has 1 aliphatic heterocycles. The number of aromatic nitrogens is 2. The number of carbonyl (C=O) groups excluding carboxylic acids is 2. The van der Waals surface area contributed by atoms with Gasteiger partial charge < -0.3 is 10.6 Å². The first kappa shape index (κ1) is 23.1. The predicted octanol–water partition coefficient (Wildman–Crippen LogP) is 3.53. The van der Waals surface area contributed by atoms with Crippen molar-refractivity contribution < 1.29 is 9.59 Å². The fourth-order valence-electron chi connectivity index (χ4n) is 4.92. The minimum Gasteiger partial charge on any atom is -0.369 e. The smallest absolute Gasteiger partial charge is 0.267 e. The molecule has 1 unspecified atom stereocenters. The number of benzene rings is 1. The van der Waals surface area contributed by atoms with E-state index in [1.807, 2.05) is 30.3 Å². The summed E-state index contributed by atoms with van der Waals surface area (Å²) in [6.45, 7) is 0.989. The maximum atomic E-state index is 13.8. The number of nitrogens with two attached hydrogens (primary N) is 1. The number of para-hydroxylation sites is 1. The van der Waals surface area contributed by atoms with Crippen LogP contribution in [0.4, 0.5) is 0 Å². The van der Waals surface area contributed by atoms with E-state index in [1.165, 1.54) is 23.1 Å². The number of nitrogens with zero attached hydrogens (tertiary/aromatic N) is 3. The third-order valence-corrected chi connectivity index (χ3v) is 8.83. The van der Waals surface area contributed by atoms with Crippen LogP contribution in [0.25, 0.3) is 15.9 Å². The van der Waals surface area contributed by atoms with Gasteiger partial charge in [-0.2, -0.15) is 0 Å². The molecule has 1 saturated heterocycles. The lowest BCUT2D eigenvalue weighted by Crippen LogP contribution is -2.44. The number of fused-ring (bicyclic) bond motifs is 3. The highest BCUT2D eigenvalue weighted by Crippen LogP contribution is 2.34. The van der Waals surface area contributed by atoms with Crippen LogP contribution in [0.1, 0.15) is 42.5 Å². The average molecular weight is 497 g/mol. The highest BCUT2D eigenvalue weighted by molar-refractivity contribution is 7.99. The van der Waals surface area contributed by atoms with Crippen LogP contribution in [0.2, 0.25) is 0 Å². The third-order valence-electron chi connectivity index (χ3n) is 6.72. The van der Waals surface area contributed by atoms with Gasteiger partial charge >= 0.3 is 0 Å². The van der Waals surface area contributed by atoms with Crippen molar-refractivity contribution in [3.8, 4) is 5.69 Å². The summed E-state index contributed by atoms with van der Waals surface area (Å²) in [6, 6.07) is 9.51. The Labute approximate surface area is 206 Å². The summed E-state index contributed by atoms with van der Waals surface area (Å²) in [5, 5.41) is 1.26. The van der Waals surface area contributed by atoms with Gasteiger partial charge in [0.1, 0.15) is 4.83 Å². The van der Waals surface area contributed by atoms with Crippen LogP contribution < -0.4 is 11.3 Å². The Hall–Kier alpha value is -2.65. The zero-order valence-corrected chi connectivity index (χ0v) is 20.6.